The largest absolute Gasteiger partial charge is 0.478 e. The molecule has 4 heteroatoms. The lowest BCUT2D eigenvalue weighted by molar-refractivity contribution is 0.0697. The van der Waals surface area contributed by atoms with Gasteiger partial charge in [0.25, 0.3) is 0 Å². The number of carboxylic acids is 1. The molecule has 0 aliphatic heterocycles. The first-order valence-electron chi connectivity index (χ1n) is 5.72. The van der Waals surface area contributed by atoms with Crippen molar-refractivity contribution in [1.82, 2.24) is 0 Å². The molecular weight excluding hydrogens is 240 g/mol. The number of rotatable bonds is 3. The van der Waals surface area contributed by atoms with Crippen molar-refractivity contribution in [2.24, 2.45) is 0 Å². The molecule has 2 rings (SSSR count). The maximum Gasteiger partial charge on any atom is 0.335 e. The van der Waals surface area contributed by atoms with Crippen LogP contribution in [0.1, 0.15) is 21.5 Å². The van der Waals surface area contributed by atoms with Crippen molar-refractivity contribution in [2.75, 3.05) is 5.32 Å². The molecule has 0 amide bonds. The Kier molecular flexibility index (Phi) is 3.48. The van der Waals surface area contributed by atoms with Gasteiger partial charge in [-0.25, -0.2) is 4.79 Å². The van der Waals surface area contributed by atoms with Crippen molar-refractivity contribution in [3.8, 4) is 6.07 Å². The molecule has 0 bridgehead atoms. The first kappa shape index (κ1) is 12.7. The van der Waals surface area contributed by atoms with Crippen molar-refractivity contribution in [3.05, 3.63) is 59.2 Å². The van der Waals surface area contributed by atoms with E-state index in [0.717, 1.165) is 5.56 Å². The Hall–Kier alpha value is -2.80. The van der Waals surface area contributed by atoms with Crippen molar-refractivity contribution in [2.45, 2.75) is 6.92 Å². The Morgan fingerprint density at radius 3 is 2.68 bits per heavy atom. The second kappa shape index (κ2) is 5.23. The van der Waals surface area contributed by atoms with Crippen LogP contribution >= 0.6 is 0 Å². The van der Waals surface area contributed by atoms with Gasteiger partial charge in [-0.1, -0.05) is 18.2 Å². The predicted molar refractivity (Wildman–Crippen MR) is 72.6 cm³/mol. The molecule has 0 saturated heterocycles. The van der Waals surface area contributed by atoms with Crippen LogP contribution in [0.3, 0.4) is 0 Å². The van der Waals surface area contributed by atoms with Crippen LogP contribution in [0.25, 0.3) is 0 Å². The van der Waals surface area contributed by atoms with Crippen molar-refractivity contribution in [3.63, 3.8) is 0 Å². The molecule has 4 nitrogen and oxygen atoms in total. The standard InChI is InChI=1S/C15H12N2O2/c1-10-4-2-6-12(9-16)14(10)17-13-7-3-5-11(8-13)15(18)19/h2-8,17H,1H3,(H,18,19). The molecule has 0 aliphatic rings. The quantitative estimate of drug-likeness (QED) is 0.878. The van der Waals surface area contributed by atoms with Crippen LogP contribution in [0, 0.1) is 18.3 Å². The number of nitrogens with zero attached hydrogens (tertiary/aromatic N) is 1. The lowest BCUT2D eigenvalue weighted by Gasteiger charge is -2.11. The lowest BCUT2D eigenvalue weighted by Crippen LogP contribution is -2.00. The van der Waals surface area contributed by atoms with Crippen LogP contribution in [0.4, 0.5) is 11.4 Å². The average molecular weight is 252 g/mol. The van der Waals surface area contributed by atoms with Crippen molar-refractivity contribution in [1.29, 1.82) is 5.26 Å². The Labute approximate surface area is 110 Å². The third-order valence-corrected chi connectivity index (χ3v) is 2.77. The highest BCUT2D eigenvalue weighted by Gasteiger charge is 2.07. The summed E-state index contributed by atoms with van der Waals surface area (Å²) in [4.78, 5) is 10.9. The van der Waals surface area contributed by atoms with Gasteiger partial charge in [0.05, 0.1) is 16.8 Å². The molecule has 0 atom stereocenters. The summed E-state index contributed by atoms with van der Waals surface area (Å²) in [6.45, 7) is 1.89. The number of carboxylic acid groups (broad SMARTS) is 1. The van der Waals surface area contributed by atoms with E-state index in [1.54, 1.807) is 18.2 Å². The van der Waals surface area contributed by atoms with E-state index in [-0.39, 0.29) is 5.56 Å². The number of aromatic carboxylic acids is 1. The fourth-order valence-electron chi connectivity index (χ4n) is 1.80. The first-order valence-corrected chi connectivity index (χ1v) is 5.72. The Morgan fingerprint density at radius 1 is 1.26 bits per heavy atom. The third-order valence-electron chi connectivity index (χ3n) is 2.77. The molecule has 2 N–H and O–H groups in total. The van der Waals surface area contributed by atoms with Gasteiger partial charge in [-0.05, 0) is 36.8 Å². The topological polar surface area (TPSA) is 73.1 Å². The maximum absolute atomic E-state index is 10.9. The van der Waals surface area contributed by atoms with E-state index in [9.17, 15) is 4.79 Å². The SMILES string of the molecule is Cc1cccc(C#N)c1Nc1cccc(C(=O)O)c1. The fourth-order valence-corrected chi connectivity index (χ4v) is 1.80. The van der Waals surface area contributed by atoms with Crippen LogP contribution in [0.2, 0.25) is 0 Å². The molecule has 2 aromatic carbocycles. The Balaban J connectivity index is 2.39. The van der Waals surface area contributed by atoms with Crippen LogP contribution in [-0.4, -0.2) is 11.1 Å². The molecule has 0 aromatic heterocycles. The molecule has 94 valence electrons. The minimum Gasteiger partial charge on any atom is -0.478 e. The number of benzene rings is 2. The summed E-state index contributed by atoms with van der Waals surface area (Å²) < 4.78 is 0. The number of carbonyl (C=O) groups is 1. The highest BCUT2D eigenvalue weighted by Crippen LogP contribution is 2.24. The van der Waals surface area contributed by atoms with E-state index in [1.165, 1.54) is 12.1 Å². The van der Waals surface area contributed by atoms with Gasteiger partial charge in [0, 0.05) is 5.69 Å². The van der Waals surface area contributed by atoms with Crippen LogP contribution in [0.15, 0.2) is 42.5 Å². The van der Waals surface area contributed by atoms with E-state index < -0.39 is 5.97 Å². The molecule has 0 heterocycles. The van der Waals surface area contributed by atoms with Gasteiger partial charge in [-0.3, -0.25) is 0 Å². The van der Waals surface area contributed by atoms with Gasteiger partial charge >= 0.3 is 5.97 Å². The minimum atomic E-state index is -0.978. The molecule has 0 unspecified atom stereocenters. The fraction of sp³-hybridized carbons (Fsp3) is 0.0667. The highest BCUT2D eigenvalue weighted by atomic mass is 16.4. The summed E-state index contributed by atoms with van der Waals surface area (Å²) >= 11 is 0. The zero-order valence-corrected chi connectivity index (χ0v) is 10.3. The second-order valence-electron chi connectivity index (χ2n) is 4.12. The third kappa shape index (κ3) is 2.72. The Bertz CT molecular complexity index is 672. The summed E-state index contributed by atoms with van der Waals surface area (Å²) in [5.74, 6) is -0.978. The van der Waals surface area contributed by atoms with Gasteiger partial charge in [0.15, 0.2) is 0 Å². The normalized spacial score (nSPS) is 9.68. The molecular formula is C15H12N2O2. The van der Waals surface area contributed by atoms with Crippen LogP contribution in [-0.2, 0) is 0 Å². The smallest absolute Gasteiger partial charge is 0.335 e. The molecule has 19 heavy (non-hydrogen) atoms. The van der Waals surface area contributed by atoms with Crippen LogP contribution < -0.4 is 5.32 Å². The molecule has 0 fully saturated rings. The zero-order valence-electron chi connectivity index (χ0n) is 10.3. The van der Waals surface area contributed by atoms with Gasteiger partial charge in [-0.15, -0.1) is 0 Å². The van der Waals surface area contributed by atoms with Gasteiger partial charge in [-0.2, -0.15) is 5.26 Å². The van der Waals surface area contributed by atoms with Gasteiger partial charge in [0.2, 0.25) is 0 Å². The number of para-hydroxylation sites is 1. The number of nitriles is 1. The first-order chi connectivity index (χ1) is 9.11. The lowest BCUT2D eigenvalue weighted by atomic mass is 10.1. The maximum atomic E-state index is 10.9. The number of hydrogen-bond donors (Lipinski definition) is 2. The van der Waals surface area contributed by atoms with E-state index in [0.29, 0.717) is 16.9 Å². The highest BCUT2D eigenvalue weighted by molar-refractivity contribution is 5.89. The van der Waals surface area contributed by atoms with Gasteiger partial charge < -0.3 is 10.4 Å². The molecule has 0 spiro atoms. The van der Waals surface area contributed by atoms with Crippen molar-refractivity contribution >= 4 is 17.3 Å². The molecule has 0 saturated carbocycles. The zero-order chi connectivity index (χ0) is 13.8. The molecule has 0 aliphatic carbocycles. The molecule has 2 aromatic rings. The second-order valence-corrected chi connectivity index (χ2v) is 4.12. The average Bonchev–Trinajstić information content (AvgIpc) is 2.41. The van der Waals surface area contributed by atoms with E-state index in [2.05, 4.69) is 11.4 Å². The van der Waals surface area contributed by atoms with Gasteiger partial charge in [0.1, 0.15) is 6.07 Å². The number of aryl methyl sites for hydroxylation is 1. The van der Waals surface area contributed by atoms with E-state index >= 15 is 0 Å². The summed E-state index contributed by atoms with van der Waals surface area (Å²) in [6.07, 6.45) is 0. The van der Waals surface area contributed by atoms with Crippen LogP contribution in [0.5, 0.6) is 0 Å². The number of anilines is 2. The number of nitrogens with one attached hydrogen (secondary N) is 1. The number of hydrogen-bond acceptors (Lipinski definition) is 3. The molecule has 0 radical (unpaired) electrons. The minimum absolute atomic E-state index is 0.206. The van der Waals surface area contributed by atoms with Crippen molar-refractivity contribution < 1.29 is 9.90 Å². The summed E-state index contributed by atoms with van der Waals surface area (Å²) in [5.41, 5.74) is 3.01. The van der Waals surface area contributed by atoms with E-state index in [1.807, 2.05) is 19.1 Å². The monoisotopic (exact) mass is 252 g/mol. The summed E-state index contributed by atoms with van der Waals surface area (Å²) in [6, 6.07) is 14.0. The summed E-state index contributed by atoms with van der Waals surface area (Å²) in [5, 5.41) is 21.1. The predicted octanol–water partition coefficient (Wildman–Crippen LogP) is 3.31. The Morgan fingerprint density at radius 2 is 2.00 bits per heavy atom. The van der Waals surface area contributed by atoms with E-state index in [4.69, 9.17) is 10.4 Å². The summed E-state index contributed by atoms with van der Waals surface area (Å²) in [7, 11) is 0.